The van der Waals surface area contributed by atoms with Crippen molar-refractivity contribution in [2.75, 3.05) is 13.6 Å². The van der Waals surface area contributed by atoms with E-state index in [0.29, 0.717) is 5.41 Å². The fourth-order valence-corrected chi connectivity index (χ4v) is 3.59. The summed E-state index contributed by atoms with van der Waals surface area (Å²) in [6.45, 7) is 3.51. The molecule has 1 nitrogen and oxygen atoms in total. The molecule has 1 aromatic rings. The quantitative estimate of drug-likeness (QED) is 0.880. The molecule has 3 heteroatoms. The maximum atomic E-state index is 3.51. The largest absolute Gasteiger partial charge is 0.319 e. The second-order valence-corrected chi connectivity index (χ2v) is 5.83. The smallest absolute Gasteiger partial charge is 0.0285 e. The van der Waals surface area contributed by atoms with Crippen LogP contribution in [0.5, 0.6) is 0 Å². The van der Waals surface area contributed by atoms with E-state index in [1.165, 1.54) is 15.8 Å². The van der Waals surface area contributed by atoms with Crippen molar-refractivity contribution in [3.63, 3.8) is 0 Å². The highest BCUT2D eigenvalue weighted by molar-refractivity contribution is 9.10. The van der Waals surface area contributed by atoms with E-state index in [1.807, 2.05) is 18.4 Å². The van der Waals surface area contributed by atoms with Crippen LogP contribution in [0.3, 0.4) is 0 Å². The Morgan fingerprint density at radius 1 is 1.77 bits per heavy atom. The average molecular weight is 260 g/mol. The van der Waals surface area contributed by atoms with Gasteiger partial charge in [-0.05, 0) is 47.9 Å². The third-order valence-corrected chi connectivity index (χ3v) is 4.96. The molecule has 0 amide bonds. The molecule has 1 aromatic heterocycles. The normalized spacial score (nSPS) is 32.1. The molecule has 72 valence electrons. The molecule has 2 rings (SSSR count). The number of hydrogen-bond donors (Lipinski definition) is 1. The average Bonchev–Trinajstić information content (AvgIpc) is 2.57. The Kier molecular flexibility index (Phi) is 2.51. The van der Waals surface area contributed by atoms with Gasteiger partial charge in [-0.2, -0.15) is 0 Å². The zero-order valence-corrected chi connectivity index (χ0v) is 10.3. The molecule has 1 N–H and O–H groups in total. The molecule has 13 heavy (non-hydrogen) atoms. The zero-order valence-electron chi connectivity index (χ0n) is 7.93. The molecule has 0 aliphatic heterocycles. The number of thiophene rings is 1. The summed E-state index contributed by atoms with van der Waals surface area (Å²) in [5, 5.41) is 5.43. The van der Waals surface area contributed by atoms with Crippen molar-refractivity contribution in [3.05, 3.63) is 20.8 Å². The summed E-state index contributed by atoms with van der Waals surface area (Å²) in [5.41, 5.74) is 0.458. The van der Waals surface area contributed by atoms with Gasteiger partial charge in [0.2, 0.25) is 0 Å². The predicted octanol–water partition coefficient (Wildman–Crippen LogP) is 3.01. The lowest BCUT2D eigenvalue weighted by Gasteiger charge is -2.07. The van der Waals surface area contributed by atoms with Crippen molar-refractivity contribution in [2.24, 2.45) is 5.92 Å². The number of rotatable bonds is 3. The third kappa shape index (κ3) is 1.69. The molecule has 2 atom stereocenters. The fraction of sp³-hybridized carbons (Fsp3) is 0.600. The van der Waals surface area contributed by atoms with Crippen LogP contribution in [0.1, 0.15) is 18.2 Å². The molecular weight excluding hydrogens is 246 g/mol. The van der Waals surface area contributed by atoms with Crippen LogP contribution < -0.4 is 5.32 Å². The highest BCUT2D eigenvalue weighted by Crippen LogP contribution is 2.55. The monoisotopic (exact) mass is 259 g/mol. The van der Waals surface area contributed by atoms with E-state index in [2.05, 4.69) is 39.6 Å². The topological polar surface area (TPSA) is 12.0 Å². The summed E-state index contributed by atoms with van der Waals surface area (Å²) in [6.07, 6.45) is 1.33. The second kappa shape index (κ2) is 3.37. The first kappa shape index (κ1) is 9.69. The standard InChI is InChI=1S/C10H14BrNS/c1-10(4-7(10)5-12-2)9-3-8(11)6-13-9/h3,6-7,12H,4-5H2,1-2H3. The van der Waals surface area contributed by atoms with Crippen LogP contribution in [0.15, 0.2) is 15.9 Å². The Hall–Kier alpha value is 0.140. The summed E-state index contributed by atoms with van der Waals surface area (Å²) in [4.78, 5) is 1.53. The summed E-state index contributed by atoms with van der Waals surface area (Å²) < 4.78 is 1.23. The van der Waals surface area contributed by atoms with E-state index in [4.69, 9.17) is 0 Å². The number of nitrogens with one attached hydrogen (secondary N) is 1. The van der Waals surface area contributed by atoms with Gasteiger partial charge in [0.1, 0.15) is 0 Å². The van der Waals surface area contributed by atoms with Gasteiger partial charge < -0.3 is 5.32 Å². The van der Waals surface area contributed by atoms with E-state index in [0.717, 1.165) is 12.5 Å². The number of hydrogen-bond acceptors (Lipinski definition) is 2. The van der Waals surface area contributed by atoms with Crippen LogP contribution in [-0.4, -0.2) is 13.6 Å². The highest BCUT2D eigenvalue weighted by Gasteiger charge is 2.51. The van der Waals surface area contributed by atoms with E-state index >= 15 is 0 Å². The third-order valence-electron chi connectivity index (χ3n) is 2.99. The van der Waals surface area contributed by atoms with Crippen molar-refractivity contribution in [1.29, 1.82) is 0 Å². The van der Waals surface area contributed by atoms with Crippen molar-refractivity contribution < 1.29 is 0 Å². The van der Waals surface area contributed by atoms with Crippen molar-refractivity contribution in [2.45, 2.75) is 18.8 Å². The Bertz CT molecular complexity index is 310. The summed E-state index contributed by atoms with van der Waals surface area (Å²) in [5.74, 6) is 0.836. The molecule has 0 saturated heterocycles. The molecule has 0 spiro atoms. The minimum atomic E-state index is 0.458. The maximum Gasteiger partial charge on any atom is 0.0285 e. The van der Waals surface area contributed by atoms with Crippen molar-refractivity contribution in [1.82, 2.24) is 5.32 Å². The van der Waals surface area contributed by atoms with E-state index in [-0.39, 0.29) is 0 Å². The van der Waals surface area contributed by atoms with Gasteiger partial charge in [0.25, 0.3) is 0 Å². The zero-order chi connectivity index (χ0) is 9.47. The molecule has 1 heterocycles. The molecule has 2 unspecified atom stereocenters. The highest BCUT2D eigenvalue weighted by atomic mass is 79.9. The Balaban J connectivity index is 2.11. The minimum absolute atomic E-state index is 0.458. The molecule has 1 aliphatic carbocycles. The van der Waals surface area contributed by atoms with Gasteiger partial charge in [0.05, 0.1) is 0 Å². The minimum Gasteiger partial charge on any atom is -0.319 e. The van der Waals surface area contributed by atoms with Gasteiger partial charge >= 0.3 is 0 Å². The molecule has 1 aliphatic rings. The molecule has 0 bridgehead atoms. The van der Waals surface area contributed by atoms with Crippen LogP contribution in [0.2, 0.25) is 0 Å². The van der Waals surface area contributed by atoms with Gasteiger partial charge in [0.15, 0.2) is 0 Å². The predicted molar refractivity (Wildman–Crippen MR) is 61.4 cm³/mol. The van der Waals surface area contributed by atoms with Gasteiger partial charge in [-0.1, -0.05) is 6.92 Å². The SMILES string of the molecule is CNCC1CC1(C)c1cc(Br)cs1. The Labute approximate surface area is 91.7 Å². The van der Waals surface area contributed by atoms with E-state index in [9.17, 15) is 0 Å². The number of halogens is 1. The van der Waals surface area contributed by atoms with E-state index < -0.39 is 0 Å². The molecule has 1 saturated carbocycles. The fourth-order valence-electron chi connectivity index (χ4n) is 1.91. The van der Waals surface area contributed by atoms with Crippen LogP contribution in [0, 0.1) is 5.92 Å². The van der Waals surface area contributed by atoms with Gasteiger partial charge in [-0.15, -0.1) is 11.3 Å². The molecule has 0 radical (unpaired) electrons. The van der Waals surface area contributed by atoms with Gasteiger partial charge in [-0.3, -0.25) is 0 Å². The maximum absolute atomic E-state index is 3.51. The first-order chi connectivity index (χ1) is 6.16. The van der Waals surface area contributed by atoms with Gasteiger partial charge in [0, 0.05) is 20.1 Å². The lowest BCUT2D eigenvalue weighted by Crippen LogP contribution is -2.14. The van der Waals surface area contributed by atoms with Crippen molar-refractivity contribution in [3.8, 4) is 0 Å². The van der Waals surface area contributed by atoms with Crippen LogP contribution in [0.25, 0.3) is 0 Å². The lowest BCUT2D eigenvalue weighted by molar-refractivity contribution is 0.624. The summed E-state index contributed by atoms with van der Waals surface area (Å²) in [6, 6.07) is 2.26. The molecular formula is C10H14BrNS. The Morgan fingerprint density at radius 2 is 2.54 bits per heavy atom. The molecule has 0 aromatic carbocycles. The second-order valence-electron chi connectivity index (χ2n) is 4.01. The first-order valence-corrected chi connectivity index (χ1v) is 6.23. The first-order valence-electron chi connectivity index (χ1n) is 4.56. The summed E-state index contributed by atoms with van der Waals surface area (Å²) in [7, 11) is 2.03. The van der Waals surface area contributed by atoms with Gasteiger partial charge in [-0.25, -0.2) is 0 Å². The van der Waals surface area contributed by atoms with Crippen LogP contribution in [-0.2, 0) is 5.41 Å². The lowest BCUT2D eigenvalue weighted by atomic mass is 10.0. The van der Waals surface area contributed by atoms with Crippen molar-refractivity contribution >= 4 is 27.3 Å². The van der Waals surface area contributed by atoms with Crippen LogP contribution in [0.4, 0.5) is 0 Å². The Morgan fingerprint density at radius 3 is 3.08 bits per heavy atom. The summed E-state index contributed by atoms with van der Waals surface area (Å²) >= 11 is 5.38. The van der Waals surface area contributed by atoms with E-state index in [1.54, 1.807) is 0 Å². The van der Waals surface area contributed by atoms with Crippen LogP contribution >= 0.6 is 27.3 Å². The molecule has 1 fully saturated rings.